The number of benzene rings is 2. The molecule has 152 valence electrons. The summed E-state index contributed by atoms with van der Waals surface area (Å²) in [6, 6.07) is 20.9. The number of hydrogen-bond donors (Lipinski definition) is 1. The minimum absolute atomic E-state index is 0. The second-order valence-corrected chi connectivity index (χ2v) is 7.59. The van der Waals surface area contributed by atoms with Crippen LogP contribution in [0.3, 0.4) is 0 Å². The van der Waals surface area contributed by atoms with Crippen LogP contribution in [0.1, 0.15) is 11.1 Å². The summed E-state index contributed by atoms with van der Waals surface area (Å²) in [5.41, 5.74) is 2.50. The number of fused-ring (bicyclic) bond motifs is 1. The van der Waals surface area contributed by atoms with Crippen molar-refractivity contribution < 1.29 is 4.79 Å². The van der Waals surface area contributed by atoms with E-state index in [4.69, 9.17) is 0 Å². The summed E-state index contributed by atoms with van der Waals surface area (Å²) < 4.78 is 0. The molecule has 2 heterocycles. The molecule has 2 aliphatic heterocycles. The standard InChI is InChI=1S/C22H27N3O.2ClH/c26-22(25-15-20-11-23-12-21(20)16-25)17-24(13-18-7-3-1-4-8-18)14-19-9-5-2-6-10-19;;/h1-10,20-21,23H,11-17H2;2*1H/t20-,21+;;. The van der Waals surface area contributed by atoms with Crippen LogP contribution in [0.25, 0.3) is 0 Å². The summed E-state index contributed by atoms with van der Waals surface area (Å²) >= 11 is 0. The van der Waals surface area contributed by atoms with Gasteiger partial charge in [0.2, 0.25) is 5.91 Å². The molecule has 0 aromatic heterocycles. The van der Waals surface area contributed by atoms with E-state index < -0.39 is 0 Å². The fourth-order valence-electron chi connectivity index (χ4n) is 4.20. The average molecular weight is 422 g/mol. The lowest BCUT2D eigenvalue weighted by molar-refractivity contribution is -0.132. The number of hydrogen-bond acceptors (Lipinski definition) is 3. The van der Waals surface area contributed by atoms with Crippen molar-refractivity contribution in [3.63, 3.8) is 0 Å². The number of halogens is 2. The van der Waals surface area contributed by atoms with Crippen molar-refractivity contribution in [1.29, 1.82) is 0 Å². The van der Waals surface area contributed by atoms with Gasteiger partial charge in [0.15, 0.2) is 0 Å². The molecule has 2 fully saturated rings. The first-order chi connectivity index (χ1) is 12.8. The summed E-state index contributed by atoms with van der Waals surface area (Å²) in [6.45, 7) is 6.03. The molecule has 0 spiro atoms. The highest BCUT2D eigenvalue weighted by Crippen LogP contribution is 2.26. The molecule has 0 radical (unpaired) electrons. The van der Waals surface area contributed by atoms with Gasteiger partial charge < -0.3 is 10.2 Å². The Hall–Kier alpha value is -1.59. The zero-order valence-corrected chi connectivity index (χ0v) is 17.6. The first-order valence-electron chi connectivity index (χ1n) is 9.56. The SMILES string of the molecule is Cl.Cl.O=C(CN(Cc1ccccc1)Cc1ccccc1)N1C[C@H]2CNC[C@H]2C1. The first-order valence-corrected chi connectivity index (χ1v) is 9.56. The van der Waals surface area contributed by atoms with Crippen LogP contribution in [-0.4, -0.2) is 48.4 Å². The Bertz CT molecular complexity index is 676. The Balaban J connectivity index is 0.00000140. The maximum Gasteiger partial charge on any atom is 0.236 e. The minimum atomic E-state index is 0. The topological polar surface area (TPSA) is 35.6 Å². The van der Waals surface area contributed by atoms with Gasteiger partial charge in [-0.25, -0.2) is 0 Å². The summed E-state index contributed by atoms with van der Waals surface area (Å²) in [5, 5.41) is 3.44. The predicted octanol–water partition coefficient (Wildman–Crippen LogP) is 3.21. The predicted molar refractivity (Wildman–Crippen MR) is 118 cm³/mol. The molecular weight excluding hydrogens is 393 g/mol. The smallest absolute Gasteiger partial charge is 0.236 e. The van der Waals surface area contributed by atoms with Gasteiger partial charge in [0, 0.05) is 39.3 Å². The maximum absolute atomic E-state index is 12.9. The van der Waals surface area contributed by atoms with Gasteiger partial charge in [-0.1, -0.05) is 60.7 Å². The summed E-state index contributed by atoms with van der Waals surface area (Å²) in [6.07, 6.45) is 0. The van der Waals surface area contributed by atoms with Crippen molar-refractivity contribution >= 4 is 30.7 Å². The van der Waals surface area contributed by atoms with E-state index in [0.717, 1.165) is 39.3 Å². The van der Waals surface area contributed by atoms with Gasteiger partial charge in [-0.3, -0.25) is 9.69 Å². The molecule has 0 bridgehead atoms. The van der Waals surface area contributed by atoms with E-state index in [2.05, 4.69) is 63.6 Å². The zero-order valence-electron chi connectivity index (χ0n) is 16.0. The fourth-order valence-corrected chi connectivity index (χ4v) is 4.20. The molecule has 4 nitrogen and oxygen atoms in total. The largest absolute Gasteiger partial charge is 0.341 e. The van der Waals surface area contributed by atoms with Gasteiger partial charge in [-0.2, -0.15) is 0 Å². The van der Waals surface area contributed by atoms with Crippen LogP contribution in [0.15, 0.2) is 60.7 Å². The Morgan fingerprint density at radius 1 is 0.857 bits per heavy atom. The van der Waals surface area contributed by atoms with E-state index in [1.807, 2.05) is 12.1 Å². The molecular formula is C22H29Cl2N3O. The second-order valence-electron chi connectivity index (χ2n) is 7.59. The highest BCUT2D eigenvalue weighted by Gasteiger charge is 2.38. The van der Waals surface area contributed by atoms with Gasteiger partial charge in [0.25, 0.3) is 0 Å². The molecule has 2 aromatic rings. The van der Waals surface area contributed by atoms with Gasteiger partial charge in [-0.05, 0) is 23.0 Å². The fraction of sp³-hybridized carbons (Fsp3) is 0.409. The number of amides is 1. The third kappa shape index (κ3) is 5.71. The van der Waals surface area contributed by atoms with Crippen LogP contribution in [-0.2, 0) is 17.9 Å². The van der Waals surface area contributed by atoms with Gasteiger partial charge in [-0.15, -0.1) is 24.8 Å². The van der Waals surface area contributed by atoms with Gasteiger partial charge in [0.1, 0.15) is 0 Å². The van der Waals surface area contributed by atoms with Crippen LogP contribution < -0.4 is 5.32 Å². The molecule has 1 amide bonds. The average Bonchev–Trinajstić information content (AvgIpc) is 3.25. The Morgan fingerprint density at radius 3 is 1.79 bits per heavy atom. The third-order valence-corrected chi connectivity index (χ3v) is 5.60. The molecule has 2 aliphatic rings. The molecule has 4 rings (SSSR count). The Kier molecular flexibility index (Phi) is 8.77. The zero-order chi connectivity index (χ0) is 17.8. The summed E-state index contributed by atoms with van der Waals surface area (Å²) in [7, 11) is 0. The molecule has 2 atom stereocenters. The number of carbonyl (C=O) groups excluding carboxylic acids is 1. The molecule has 0 saturated carbocycles. The van der Waals surface area contributed by atoms with E-state index in [1.54, 1.807) is 0 Å². The number of nitrogens with zero attached hydrogens (tertiary/aromatic N) is 2. The Labute approximate surface area is 180 Å². The van der Waals surface area contributed by atoms with E-state index in [-0.39, 0.29) is 30.7 Å². The van der Waals surface area contributed by atoms with Gasteiger partial charge in [0.05, 0.1) is 6.54 Å². The van der Waals surface area contributed by atoms with E-state index >= 15 is 0 Å². The van der Waals surface area contributed by atoms with Crippen molar-refractivity contribution in [3.05, 3.63) is 71.8 Å². The lowest BCUT2D eigenvalue weighted by Gasteiger charge is -2.25. The van der Waals surface area contributed by atoms with E-state index in [0.29, 0.717) is 18.4 Å². The van der Waals surface area contributed by atoms with E-state index in [9.17, 15) is 4.79 Å². The van der Waals surface area contributed by atoms with Crippen LogP contribution in [0.4, 0.5) is 0 Å². The van der Waals surface area contributed by atoms with Gasteiger partial charge >= 0.3 is 0 Å². The molecule has 28 heavy (non-hydrogen) atoms. The quantitative estimate of drug-likeness (QED) is 0.777. The number of likely N-dealkylation sites (tertiary alicyclic amines) is 1. The molecule has 0 unspecified atom stereocenters. The third-order valence-electron chi connectivity index (χ3n) is 5.60. The lowest BCUT2D eigenvalue weighted by Crippen LogP contribution is -2.40. The first kappa shape index (κ1) is 22.7. The summed E-state index contributed by atoms with van der Waals surface area (Å²) in [4.78, 5) is 17.3. The Morgan fingerprint density at radius 2 is 1.32 bits per heavy atom. The van der Waals surface area contributed by atoms with Crippen LogP contribution >= 0.6 is 24.8 Å². The second kappa shape index (κ2) is 10.8. The minimum Gasteiger partial charge on any atom is -0.341 e. The molecule has 1 N–H and O–H groups in total. The van der Waals surface area contributed by atoms with Crippen molar-refractivity contribution in [3.8, 4) is 0 Å². The molecule has 2 aromatic carbocycles. The highest BCUT2D eigenvalue weighted by molar-refractivity contribution is 5.85. The molecule has 0 aliphatic carbocycles. The van der Waals surface area contributed by atoms with E-state index in [1.165, 1.54) is 11.1 Å². The maximum atomic E-state index is 12.9. The van der Waals surface area contributed by atoms with Crippen molar-refractivity contribution in [2.75, 3.05) is 32.7 Å². The summed E-state index contributed by atoms with van der Waals surface area (Å²) in [5.74, 6) is 1.57. The molecule has 2 saturated heterocycles. The lowest BCUT2D eigenvalue weighted by atomic mass is 10.0. The van der Waals surface area contributed by atoms with Crippen LogP contribution in [0.5, 0.6) is 0 Å². The number of nitrogens with one attached hydrogen (secondary N) is 1. The van der Waals surface area contributed by atoms with Crippen molar-refractivity contribution in [1.82, 2.24) is 15.1 Å². The number of carbonyl (C=O) groups is 1. The van der Waals surface area contributed by atoms with Crippen LogP contribution in [0.2, 0.25) is 0 Å². The van der Waals surface area contributed by atoms with Crippen molar-refractivity contribution in [2.24, 2.45) is 11.8 Å². The number of rotatable bonds is 6. The monoisotopic (exact) mass is 421 g/mol. The molecule has 6 heteroatoms. The normalized spacial score (nSPS) is 20.4. The highest BCUT2D eigenvalue weighted by atomic mass is 35.5. The van der Waals surface area contributed by atoms with Crippen molar-refractivity contribution in [2.45, 2.75) is 13.1 Å². The van der Waals surface area contributed by atoms with Crippen LogP contribution in [0, 0.1) is 11.8 Å².